The molecule has 0 spiro atoms. The second kappa shape index (κ2) is 7.36. The number of carbonyl (C=O) groups excluding carboxylic acids is 2. The number of fused-ring (bicyclic) bond motifs is 1. The van der Waals surface area contributed by atoms with Crippen LogP contribution in [0.25, 0.3) is 10.9 Å². The number of rotatable bonds is 5. The number of benzene rings is 1. The van der Waals surface area contributed by atoms with E-state index in [9.17, 15) is 9.59 Å². The van der Waals surface area contributed by atoms with Gasteiger partial charge in [-0.25, -0.2) is 0 Å². The van der Waals surface area contributed by atoms with Crippen molar-refractivity contribution in [3.05, 3.63) is 57.2 Å². The molecule has 4 nitrogen and oxygen atoms in total. The van der Waals surface area contributed by atoms with Crippen LogP contribution in [0, 0.1) is 5.92 Å². The Morgan fingerprint density at radius 1 is 1.32 bits per heavy atom. The summed E-state index contributed by atoms with van der Waals surface area (Å²) in [5.74, 6) is 0.492. The van der Waals surface area contributed by atoms with Gasteiger partial charge < -0.3 is 9.88 Å². The van der Waals surface area contributed by atoms with Gasteiger partial charge in [0.15, 0.2) is 5.78 Å². The van der Waals surface area contributed by atoms with Crippen LogP contribution in [0.4, 0.5) is 0 Å². The van der Waals surface area contributed by atoms with Crippen LogP contribution in [0.1, 0.15) is 56.4 Å². The maximum absolute atomic E-state index is 13.0. The molecule has 1 amide bonds. The van der Waals surface area contributed by atoms with E-state index >= 15 is 0 Å². The van der Waals surface area contributed by atoms with Crippen LogP contribution >= 0.6 is 15.9 Å². The third kappa shape index (κ3) is 3.60. The maximum Gasteiger partial charge on any atom is 0.252 e. The maximum atomic E-state index is 13.0. The third-order valence-corrected chi connectivity index (χ3v) is 6.03. The van der Waals surface area contributed by atoms with Gasteiger partial charge in [-0.2, -0.15) is 0 Å². The summed E-state index contributed by atoms with van der Waals surface area (Å²) in [7, 11) is 0. The van der Waals surface area contributed by atoms with Crippen molar-refractivity contribution < 1.29 is 9.59 Å². The number of carbonyl (C=O) groups is 2. The summed E-state index contributed by atoms with van der Waals surface area (Å²) in [6, 6.07) is 6.19. The summed E-state index contributed by atoms with van der Waals surface area (Å²) in [6.45, 7) is 6.55. The number of allylic oxidation sites excluding steroid dienone is 3. The smallest absolute Gasteiger partial charge is 0.252 e. The van der Waals surface area contributed by atoms with Crippen molar-refractivity contribution >= 4 is 38.5 Å². The van der Waals surface area contributed by atoms with E-state index in [2.05, 4.69) is 45.7 Å². The van der Waals surface area contributed by atoms with Crippen molar-refractivity contribution in [3.8, 4) is 0 Å². The average Bonchev–Trinajstić information content (AvgIpc) is 3.38. The van der Waals surface area contributed by atoms with Gasteiger partial charge in [-0.1, -0.05) is 27.6 Å². The second-order valence-electron chi connectivity index (χ2n) is 8.18. The zero-order chi connectivity index (χ0) is 20.0. The minimum absolute atomic E-state index is 0.144. The Morgan fingerprint density at radius 2 is 2.07 bits per heavy atom. The molecule has 1 saturated carbocycles. The summed E-state index contributed by atoms with van der Waals surface area (Å²) >= 11 is 3.54. The number of ketones is 1. The van der Waals surface area contributed by atoms with E-state index < -0.39 is 0 Å². The molecular weight excluding hydrogens is 416 g/mol. The predicted octanol–water partition coefficient (Wildman–Crippen LogP) is 5.34. The highest BCUT2D eigenvalue weighted by Gasteiger charge is 2.31. The molecule has 1 heterocycles. The van der Waals surface area contributed by atoms with Gasteiger partial charge in [0, 0.05) is 46.2 Å². The van der Waals surface area contributed by atoms with E-state index in [0.717, 1.165) is 44.9 Å². The minimum atomic E-state index is -0.144. The number of halogens is 1. The number of amides is 1. The Bertz CT molecular complexity index is 1040. The molecule has 0 radical (unpaired) electrons. The molecule has 1 N–H and O–H groups in total. The molecule has 0 bridgehead atoms. The largest absolute Gasteiger partial charge is 0.348 e. The first kappa shape index (κ1) is 19.2. The van der Waals surface area contributed by atoms with Crippen LogP contribution in [-0.2, 0) is 4.79 Å². The van der Waals surface area contributed by atoms with Crippen molar-refractivity contribution in [2.45, 2.75) is 46.1 Å². The van der Waals surface area contributed by atoms with E-state index in [1.807, 2.05) is 31.3 Å². The van der Waals surface area contributed by atoms with Gasteiger partial charge >= 0.3 is 0 Å². The summed E-state index contributed by atoms with van der Waals surface area (Å²) in [5, 5.41) is 3.93. The number of hydrogen-bond donors (Lipinski definition) is 1. The Balaban J connectivity index is 1.62. The lowest BCUT2D eigenvalue weighted by Crippen LogP contribution is -2.30. The molecule has 0 saturated heterocycles. The van der Waals surface area contributed by atoms with Crippen molar-refractivity contribution in [2.75, 3.05) is 6.54 Å². The molecule has 146 valence electrons. The third-order valence-electron chi connectivity index (χ3n) is 5.57. The fourth-order valence-electron chi connectivity index (χ4n) is 4.01. The molecule has 4 rings (SSSR count). The molecule has 2 aliphatic rings. The molecule has 1 aromatic heterocycles. The Morgan fingerprint density at radius 3 is 2.75 bits per heavy atom. The Kier molecular flexibility index (Phi) is 5.04. The van der Waals surface area contributed by atoms with Gasteiger partial charge in [0.2, 0.25) is 0 Å². The molecule has 28 heavy (non-hydrogen) atoms. The zero-order valence-corrected chi connectivity index (χ0v) is 18.1. The van der Waals surface area contributed by atoms with Crippen molar-refractivity contribution in [2.24, 2.45) is 5.92 Å². The number of Topliss-reactive ketones (excluding diaryl/α,β-unsaturated/α-hetero) is 1. The lowest BCUT2D eigenvalue weighted by Gasteiger charge is -2.18. The number of nitrogens with zero attached hydrogens (tertiary/aromatic N) is 1. The van der Waals surface area contributed by atoms with Crippen molar-refractivity contribution in [1.82, 2.24) is 9.88 Å². The van der Waals surface area contributed by atoms with Gasteiger partial charge in [-0.15, -0.1) is 0 Å². The van der Waals surface area contributed by atoms with Crippen LogP contribution in [-0.4, -0.2) is 22.8 Å². The normalized spacial score (nSPS) is 17.5. The van der Waals surface area contributed by atoms with E-state index in [0.29, 0.717) is 30.5 Å². The van der Waals surface area contributed by atoms with Crippen LogP contribution in [0.15, 0.2) is 51.7 Å². The molecule has 5 heteroatoms. The molecule has 0 unspecified atom stereocenters. The summed E-state index contributed by atoms with van der Waals surface area (Å²) in [4.78, 5) is 25.6. The lowest BCUT2D eigenvalue weighted by atomic mass is 9.89. The van der Waals surface area contributed by atoms with Gasteiger partial charge in [-0.3, -0.25) is 9.59 Å². The number of nitrogens with one attached hydrogen (secondary N) is 1. The first-order valence-electron chi connectivity index (χ1n) is 9.87. The molecule has 2 aromatic rings. The fourth-order valence-corrected chi connectivity index (χ4v) is 4.46. The zero-order valence-electron chi connectivity index (χ0n) is 16.5. The molecule has 1 fully saturated rings. The van der Waals surface area contributed by atoms with Crippen molar-refractivity contribution in [1.29, 1.82) is 0 Å². The lowest BCUT2D eigenvalue weighted by molar-refractivity contribution is -0.115. The minimum Gasteiger partial charge on any atom is -0.348 e. The van der Waals surface area contributed by atoms with Crippen molar-refractivity contribution in [3.63, 3.8) is 0 Å². The standard InChI is InChI=1S/C23H25BrN2O2/c1-13(2)26-7-6-17-19(10-16(24)11-21(17)26)23(28)25-12-20-18(15-4-5-15)8-14(3)9-22(20)27/h6-8,10-11,13,15H,4-5,9,12H2,1-3H3,(H,25,28). The van der Waals surface area contributed by atoms with E-state index in [4.69, 9.17) is 0 Å². The Hall–Kier alpha value is -2.14. The Labute approximate surface area is 173 Å². The van der Waals surface area contributed by atoms with Crippen LogP contribution in [0.2, 0.25) is 0 Å². The number of hydrogen-bond acceptors (Lipinski definition) is 2. The molecule has 2 aliphatic carbocycles. The predicted molar refractivity (Wildman–Crippen MR) is 115 cm³/mol. The first-order valence-corrected chi connectivity index (χ1v) is 10.7. The van der Waals surface area contributed by atoms with Crippen LogP contribution < -0.4 is 5.32 Å². The van der Waals surface area contributed by atoms with Gasteiger partial charge in [-0.05, 0) is 63.3 Å². The quantitative estimate of drug-likeness (QED) is 0.681. The molecular formula is C23H25BrN2O2. The van der Waals surface area contributed by atoms with Gasteiger partial charge in [0.1, 0.15) is 0 Å². The van der Waals surface area contributed by atoms with Gasteiger partial charge in [0.25, 0.3) is 5.91 Å². The second-order valence-corrected chi connectivity index (χ2v) is 9.10. The SMILES string of the molecule is CC1=CC(C2CC2)=C(CNC(=O)c2cc(Br)cc3c2ccn3C(C)C)C(=O)C1. The number of aromatic nitrogens is 1. The van der Waals surface area contributed by atoms with Crippen LogP contribution in [0.5, 0.6) is 0 Å². The first-order chi connectivity index (χ1) is 13.3. The average molecular weight is 441 g/mol. The molecule has 0 aliphatic heterocycles. The summed E-state index contributed by atoms with van der Waals surface area (Å²) in [6.07, 6.45) is 6.91. The van der Waals surface area contributed by atoms with E-state index in [1.54, 1.807) is 0 Å². The highest BCUT2D eigenvalue weighted by atomic mass is 79.9. The van der Waals surface area contributed by atoms with Crippen LogP contribution in [0.3, 0.4) is 0 Å². The van der Waals surface area contributed by atoms with Gasteiger partial charge in [0.05, 0.1) is 5.52 Å². The van der Waals surface area contributed by atoms with E-state index in [1.165, 1.54) is 0 Å². The highest BCUT2D eigenvalue weighted by molar-refractivity contribution is 9.10. The highest BCUT2D eigenvalue weighted by Crippen LogP contribution is 2.41. The molecule has 0 atom stereocenters. The monoisotopic (exact) mass is 440 g/mol. The fraction of sp³-hybridized carbons (Fsp3) is 0.391. The molecule has 1 aromatic carbocycles. The summed E-state index contributed by atoms with van der Waals surface area (Å²) in [5.41, 5.74) is 4.70. The topological polar surface area (TPSA) is 51.1 Å². The van der Waals surface area contributed by atoms with E-state index in [-0.39, 0.29) is 11.7 Å². The summed E-state index contributed by atoms with van der Waals surface area (Å²) < 4.78 is 3.03.